The molecule has 3 aromatic carbocycles. The van der Waals surface area contributed by atoms with Crippen LogP contribution in [0.4, 0.5) is 4.79 Å². The summed E-state index contributed by atoms with van der Waals surface area (Å²) in [6.45, 7) is 3.32. The number of alkyl carbamates (subject to hydrolysis) is 1. The monoisotopic (exact) mass is 1030 g/mol. The molecule has 394 valence electrons. The summed E-state index contributed by atoms with van der Waals surface area (Å²) in [7, 11) is 2.66. The number of nitrogens with zero attached hydrogens (tertiary/aromatic N) is 7. The minimum atomic E-state index is -0.836. The lowest BCUT2D eigenvalue weighted by molar-refractivity contribution is -0.150. The van der Waals surface area contributed by atoms with Gasteiger partial charge in [0.25, 0.3) is 12.1 Å². The lowest BCUT2D eigenvalue weighted by atomic mass is 9.82. The van der Waals surface area contributed by atoms with Crippen LogP contribution >= 0.6 is 0 Å². The van der Waals surface area contributed by atoms with Crippen LogP contribution in [-0.2, 0) is 33.3 Å². The van der Waals surface area contributed by atoms with Gasteiger partial charge in [0, 0.05) is 67.2 Å². The maximum Gasteiger partial charge on any atom is 0.407 e. The van der Waals surface area contributed by atoms with Gasteiger partial charge in [-0.05, 0) is 106 Å². The lowest BCUT2D eigenvalue weighted by Crippen LogP contribution is -2.53. The van der Waals surface area contributed by atoms with E-state index in [1.807, 2.05) is 70.6 Å². The molecule has 5 atom stereocenters. The highest BCUT2D eigenvalue weighted by Gasteiger charge is 2.42. The molecule has 9 heterocycles. The third-order valence-electron chi connectivity index (χ3n) is 16.0. The molecular weight excluding hydrogens is 973 g/mol. The second kappa shape index (κ2) is 21.1. The molecule has 0 bridgehead atoms. The fraction of sp³-hybridized carbons (Fsp3) is 0.429. The quantitative estimate of drug-likeness (QED) is 0.0925. The molecule has 7 aromatic rings. The van der Waals surface area contributed by atoms with E-state index in [2.05, 4.69) is 48.2 Å². The summed E-state index contributed by atoms with van der Waals surface area (Å²) in [5.74, 6) is 1.49. The van der Waals surface area contributed by atoms with Crippen molar-refractivity contribution < 1.29 is 47.3 Å². The van der Waals surface area contributed by atoms with E-state index in [0.717, 1.165) is 82.3 Å². The maximum atomic E-state index is 14.3. The van der Waals surface area contributed by atoms with E-state index in [0.29, 0.717) is 82.1 Å². The molecule has 20 heteroatoms. The van der Waals surface area contributed by atoms with Crippen molar-refractivity contribution in [3.63, 3.8) is 0 Å². The molecule has 0 spiro atoms. The van der Waals surface area contributed by atoms with Crippen LogP contribution in [0.1, 0.15) is 93.6 Å². The van der Waals surface area contributed by atoms with Crippen molar-refractivity contribution in [3.8, 4) is 51.0 Å². The Labute approximate surface area is 437 Å². The van der Waals surface area contributed by atoms with Crippen LogP contribution < -0.4 is 10.1 Å². The van der Waals surface area contributed by atoms with E-state index < -0.39 is 24.3 Å². The summed E-state index contributed by atoms with van der Waals surface area (Å²) in [5, 5.41) is 12.8. The molecule has 1 unspecified atom stereocenters. The van der Waals surface area contributed by atoms with Crippen LogP contribution in [0.25, 0.3) is 56.1 Å². The maximum absolute atomic E-state index is 14.3. The Hall–Kier alpha value is -7.84. The van der Waals surface area contributed by atoms with Crippen LogP contribution in [0.15, 0.2) is 89.6 Å². The summed E-state index contributed by atoms with van der Waals surface area (Å²) in [4.78, 5) is 74.2. The fourth-order valence-electron chi connectivity index (χ4n) is 12.0. The van der Waals surface area contributed by atoms with Gasteiger partial charge >= 0.3 is 12.1 Å². The van der Waals surface area contributed by atoms with Crippen molar-refractivity contribution in [1.29, 1.82) is 0 Å². The van der Waals surface area contributed by atoms with Crippen molar-refractivity contribution in [2.45, 2.75) is 82.1 Å². The molecular formula is C56H60N10O10. The number of methoxy groups -OCH3 is 2. The number of benzene rings is 3. The Kier molecular flexibility index (Phi) is 13.6. The van der Waals surface area contributed by atoms with E-state index in [9.17, 15) is 19.2 Å². The van der Waals surface area contributed by atoms with Gasteiger partial charge in [-0.2, -0.15) is 0 Å². The Morgan fingerprint density at radius 2 is 1.36 bits per heavy atom. The Balaban J connectivity index is 0.842. The number of amides is 3. The topological polar surface area (TPSA) is 234 Å². The Morgan fingerprint density at radius 3 is 2.03 bits per heavy atom. The van der Waals surface area contributed by atoms with Crippen molar-refractivity contribution in [2.75, 3.05) is 53.7 Å². The highest BCUT2D eigenvalue weighted by atomic mass is 16.5. The summed E-state index contributed by atoms with van der Waals surface area (Å²) < 4.78 is 36.6. The molecule has 4 aromatic heterocycles. The van der Waals surface area contributed by atoms with Crippen molar-refractivity contribution in [3.05, 3.63) is 103 Å². The summed E-state index contributed by atoms with van der Waals surface area (Å²) >= 11 is 0. The highest BCUT2D eigenvalue weighted by molar-refractivity contribution is 5.93. The fourth-order valence-corrected chi connectivity index (χ4v) is 12.0. The number of carbonyl (C=O) groups excluding carboxylic acids is 4. The highest BCUT2D eigenvalue weighted by Crippen LogP contribution is 2.47. The summed E-state index contributed by atoms with van der Waals surface area (Å²) in [5.41, 5.74) is 6.67. The number of hydrogen-bond donors (Lipinski definition) is 3. The van der Waals surface area contributed by atoms with E-state index in [4.69, 9.17) is 38.1 Å². The number of nitrogens with one attached hydrogen (secondary N) is 3. The van der Waals surface area contributed by atoms with Crippen LogP contribution in [0.2, 0.25) is 0 Å². The average molecular weight is 1030 g/mol. The number of esters is 1. The first-order valence-corrected chi connectivity index (χ1v) is 26.4. The van der Waals surface area contributed by atoms with Gasteiger partial charge < -0.3 is 53.2 Å². The SMILES string of the molecule is COC(=O)C[C@H](C(=O)N1CCC[C@H]1c1ncc(-c2ccc3c(c2)cc2n3C(c3nnc(-c4ccccc4)o3)Oc3cc(-c4cnc([C@@H]5CCCN5C(=O)[C@@H](NC(=O)OC)C5CCOCC5)[nH]4)ccc3-2)[nH]1)C1CCOCC1. The standard InChI is InChI=1S/C56H60N10O10/c1-71-47(67)29-39(32-16-22-73-23-17-32)53(68)64-20-6-10-43(64)49-57-30-40(59-49)35-13-15-42-37(26-35)27-45-38-14-12-36(28-46(38)75-55(66(42)45)52-63-62-51(76-52)34-8-4-3-5-9-34)41-31-58-50(60-41)44-11-7-21-65(44)54(69)48(61-56(70)72-2)33-18-24-74-25-19-33/h3-5,8-9,12-15,26-28,30-33,39,43-44,48,55H,6-7,10-11,16-25,29H2,1-2H3,(H,57,59)(H,58,60)(H,61,70)/t39-,43-,44-,48-,55?/m0/s1. The van der Waals surface area contributed by atoms with Gasteiger partial charge in [-0.1, -0.05) is 30.3 Å². The van der Waals surface area contributed by atoms with Crippen LogP contribution in [0.5, 0.6) is 5.75 Å². The largest absolute Gasteiger partial charge is 0.469 e. The molecule has 76 heavy (non-hydrogen) atoms. The van der Waals surface area contributed by atoms with Crippen molar-refractivity contribution in [2.24, 2.45) is 17.8 Å². The lowest BCUT2D eigenvalue weighted by Gasteiger charge is -2.34. The van der Waals surface area contributed by atoms with E-state index in [1.165, 1.54) is 14.2 Å². The normalized spacial score (nSPS) is 20.7. The zero-order valence-corrected chi connectivity index (χ0v) is 42.4. The molecule has 5 aliphatic heterocycles. The molecule has 12 rings (SSSR count). The Morgan fingerprint density at radius 1 is 0.711 bits per heavy atom. The van der Waals surface area contributed by atoms with E-state index in [-0.39, 0.29) is 54.0 Å². The second-order valence-corrected chi connectivity index (χ2v) is 20.3. The number of aromatic amines is 2. The molecule has 3 N–H and O–H groups in total. The molecule has 0 radical (unpaired) electrons. The van der Waals surface area contributed by atoms with Gasteiger partial charge in [-0.15, -0.1) is 10.2 Å². The van der Waals surface area contributed by atoms with Crippen LogP contribution in [-0.4, -0.2) is 128 Å². The average Bonchev–Trinajstić information content (AvgIpc) is 4.35. The molecule has 4 saturated heterocycles. The van der Waals surface area contributed by atoms with E-state index >= 15 is 0 Å². The predicted molar refractivity (Wildman–Crippen MR) is 275 cm³/mol. The molecule has 5 aliphatic rings. The van der Waals surface area contributed by atoms with Gasteiger partial charge in [0.2, 0.25) is 17.7 Å². The molecule has 4 fully saturated rings. The van der Waals surface area contributed by atoms with Gasteiger partial charge in [0.05, 0.1) is 73.6 Å². The number of hydrogen-bond acceptors (Lipinski definition) is 14. The molecule has 3 amide bonds. The number of rotatable bonds is 13. The third-order valence-corrected chi connectivity index (χ3v) is 16.0. The summed E-state index contributed by atoms with van der Waals surface area (Å²) in [6.07, 6.45) is 8.02. The number of carbonyl (C=O) groups is 4. The number of H-pyrrole nitrogens is 2. The first kappa shape index (κ1) is 49.1. The van der Waals surface area contributed by atoms with Gasteiger partial charge in [-0.3, -0.25) is 19.0 Å². The van der Waals surface area contributed by atoms with Gasteiger partial charge in [-0.25, -0.2) is 14.8 Å². The summed E-state index contributed by atoms with van der Waals surface area (Å²) in [6, 6.07) is 22.7. The first-order valence-electron chi connectivity index (χ1n) is 26.4. The van der Waals surface area contributed by atoms with Gasteiger partial charge in [0.1, 0.15) is 23.4 Å². The molecule has 0 aliphatic carbocycles. The van der Waals surface area contributed by atoms with Crippen molar-refractivity contribution in [1.82, 2.24) is 49.8 Å². The molecule has 0 saturated carbocycles. The molecule has 20 nitrogen and oxygen atoms in total. The van der Waals surface area contributed by atoms with Gasteiger partial charge in [0.15, 0.2) is 0 Å². The smallest absolute Gasteiger partial charge is 0.407 e. The van der Waals surface area contributed by atoms with Crippen molar-refractivity contribution >= 4 is 34.8 Å². The number of ether oxygens (including phenoxy) is 5. The minimum absolute atomic E-state index is 0.0370. The third kappa shape index (κ3) is 9.37. The van der Waals surface area contributed by atoms with E-state index in [1.54, 1.807) is 6.20 Å². The second-order valence-electron chi connectivity index (χ2n) is 20.3. The first-order chi connectivity index (χ1) is 37.2. The zero-order chi connectivity index (χ0) is 51.9. The zero-order valence-electron chi connectivity index (χ0n) is 42.4. The van der Waals surface area contributed by atoms with Crippen LogP contribution in [0, 0.1) is 17.8 Å². The number of aromatic nitrogens is 7. The number of imidazole rings is 2. The Bertz CT molecular complexity index is 3260. The van der Waals surface area contributed by atoms with Crippen LogP contribution in [0.3, 0.4) is 0 Å². The number of fused-ring (bicyclic) bond motifs is 5. The predicted octanol–water partition coefficient (Wildman–Crippen LogP) is 8.16. The minimum Gasteiger partial charge on any atom is -0.469 e. The number of likely N-dealkylation sites (tertiary alicyclic amines) is 2.